The standard InChI is InChI=1S/C17H19NOS/c1-3-18-16(13-8-12(2)19-10-13)9-14-11-20-17-7-5-4-6-15(14)17/h4-8,10-11,16,18H,3,9H2,1-2H3. The maximum atomic E-state index is 5.46. The maximum Gasteiger partial charge on any atom is 0.101 e. The van der Waals surface area contributed by atoms with Crippen molar-refractivity contribution in [1.29, 1.82) is 0 Å². The van der Waals surface area contributed by atoms with Crippen LogP contribution in [0.4, 0.5) is 0 Å². The lowest BCUT2D eigenvalue weighted by Gasteiger charge is -2.16. The molecule has 1 aromatic carbocycles. The number of hydrogen-bond acceptors (Lipinski definition) is 3. The predicted octanol–water partition coefficient (Wildman–Crippen LogP) is 4.70. The van der Waals surface area contributed by atoms with Crippen LogP contribution in [0.3, 0.4) is 0 Å². The third-order valence-electron chi connectivity index (χ3n) is 3.59. The predicted molar refractivity (Wildman–Crippen MR) is 85.4 cm³/mol. The molecule has 0 aliphatic heterocycles. The molecule has 0 radical (unpaired) electrons. The zero-order chi connectivity index (χ0) is 13.9. The lowest BCUT2D eigenvalue weighted by atomic mass is 10.0. The molecule has 1 unspecified atom stereocenters. The molecule has 0 aliphatic carbocycles. The van der Waals surface area contributed by atoms with Crippen LogP contribution >= 0.6 is 11.3 Å². The van der Waals surface area contributed by atoms with Gasteiger partial charge in [-0.2, -0.15) is 0 Å². The Bertz CT molecular complexity index is 698. The van der Waals surface area contributed by atoms with Gasteiger partial charge in [0.15, 0.2) is 0 Å². The summed E-state index contributed by atoms with van der Waals surface area (Å²) in [4.78, 5) is 0. The number of fused-ring (bicyclic) bond motifs is 1. The molecule has 1 N–H and O–H groups in total. The molecule has 2 aromatic heterocycles. The lowest BCUT2D eigenvalue weighted by Crippen LogP contribution is -2.22. The zero-order valence-corrected chi connectivity index (χ0v) is 12.7. The summed E-state index contributed by atoms with van der Waals surface area (Å²) in [5.74, 6) is 0.970. The number of rotatable bonds is 5. The minimum Gasteiger partial charge on any atom is -0.469 e. The number of furan rings is 1. The van der Waals surface area contributed by atoms with Crippen molar-refractivity contribution in [3.05, 3.63) is 58.9 Å². The van der Waals surface area contributed by atoms with E-state index >= 15 is 0 Å². The third kappa shape index (κ3) is 2.65. The van der Waals surface area contributed by atoms with Gasteiger partial charge < -0.3 is 9.73 Å². The van der Waals surface area contributed by atoms with E-state index in [1.165, 1.54) is 21.2 Å². The van der Waals surface area contributed by atoms with Gasteiger partial charge in [-0.25, -0.2) is 0 Å². The topological polar surface area (TPSA) is 25.2 Å². The van der Waals surface area contributed by atoms with E-state index in [-0.39, 0.29) is 0 Å². The van der Waals surface area contributed by atoms with Crippen molar-refractivity contribution in [2.24, 2.45) is 0 Å². The van der Waals surface area contributed by atoms with E-state index in [0.29, 0.717) is 6.04 Å². The van der Waals surface area contributed by atoms with Gasteiger partial charge in [0, 0.05) is 16.3 Å². The molecular formula is C17H19NOS. The van der Waals surface area contributed by atoms with Gasteiger partial charge in [0.2, 0.25) is 0 Å². The molecule has 0 fully saturated rings. The Hall–Kier alpha value is -1.58. The van der Waals surface area contributed by atoms with E-state index in [0.717, 1.165) is 18.7 Å². The fourth-order valence-electron chi connectivity index (χ4n) is 2.61. The van der Waals surface area contributed by atoms with Crippen molar-refractivity contribution >= 4 is 21.4 Å². The van der Waals surface area contributed by atoms with Crippen LogP contribution in [0.15, 0.2) is 46.4 Å². The molecule has 0 spiro atoms. The Morgan fingerprint density at radius 2 is 2.15 bits per heavy atom. The van der Waals surface area contributed by atoms with Crippen molar-refractivity contribution in [3.8, 4) is 0 Å². The number of likely N-dealkylation sites (N-methyl/N-ethyl adjacent to an activating group) is 1. The zero-order valence-electron chi connectivity index (χ0n) is 11.8. The Morgan fingerprint density at radius 1 is 1.30 bits per heavy atom. The molecule has 3 heteroatoms. The molecule has 0 saturated heterocycles. The fraction of sp³-hybridized carbons (Fsp3) is 0.294. The molecular weight excluding hydrogens is 266 g/mol. The SMILES string of the molecule is CCNC(Cc1csc2ccccc12)c1coc(C)c1. The van der Waals surface area contributed by atoms with Crippen molar-refractivity contribution in [2.45, 2.75) is 26.3 Å². The average Bonchev–Trinajstić information content (AvgIpc) is 3.05. The lowest BCUT2D eigenvalue weighted by molar-refractivity contribution is 0.512. The van der Waals surface area contributed by atoms with Crippen LogP contribution in [-0.4, -0.2) is 6.54 Å². The summed E-state index contributed by atoms with van der Waals surface area (Å²) in [7, 11) is 0. The van der Waals surface area contributed by atoms with E-state index in [1.807, 2.05) is 24.5 Å². The first-order chi connectivity index (χ1) is 9.78. The second kappa shape index (κ2) is 5.81. The van der Waals surface area contributed by atoms with Gasteiger partial charge in [-0.1, -0.05) is 25.1 Å². The van der Waals surface area contributed by atoms with Gasteiger partial charge in [-0.05, 0) is 48.4 Å². The van der Waals surface area contributed by atoms with Crippen LogP contribution in [0.25, 0.3) is 10.1 Å². The highest BCUT2D eigenvalue weighted by molar-refractivity contribution is 7.17. The second-order valence-electron chi connectivity index (χ2n) is 5.06. The van der Waals surface area contributed by atoms with Crippen LogP contribution in [0, 0.1) is 6.92 Å². The molecule has 0 amide bonds. The van der Waals surface area contributed by atoms with Crippen molar-refractivity contribution in [3.63, 3.8) is 0 Å². The molecule has 3 aromatic rings. The highest BCUT2D eigenvalue weighted by atomic mass is 32.1. The van der Waals surface area contributed by atoms with E-state index in [9.17, 15) is 0 Å². The molecule has 0 bridgehead atoms. The molecule has 0 saturated carbocycles. The fourth-order valence-corrected chi connectivity index (χ4v) is 3.59. The Morgan fingerprint density at radius 3 is 2.90 bits per heavy atom. The molecule has 3 rings (SSSR count). The number of benzene rings is 1. The summed E-state index contributed by atoms with van der Waals surface area (Å²) in [6, 6.07) is 11.1. The van der Waals surface area contributed by atoms with Crippen LogP contribution in [-0.2, 0) is 6.42 Å². The van der Waals surface area contributed by atoms with Gasteiger partial charge >= 0.3 is 0 Å². The highest BCUT2D eigenvalue weighted by Gasteiger charge is 2.15. The summed E-state index contributed by atoms with van der Waals surface area (Å²) in [5.41, 5.74) is 2.65. The van der Waals surface area contributed by atoms with Gasteiger partial charge in [0.25, 0.3) is 0 Å². The van der Waals surface area contributed by atoms with E-state index in [2.05, 4.69) is 48.0 Å². The number of hydrogen-bond donors (Lipinski definition) is 1. The smallest absolute Gasteiger partial charge is 0.101 e. The monoisotopic (exact) mass is 285 g/mol. The normalized spacial score (nSPS) is 12.9. The molecule has 2 nitrogen and oxygen atoms in total. The number of aryl methyl sites for hydroxylation is 1. The summed E-state index contributed by atoms with van der Waals surface area (Å²) >= 11 is 1.82. The van der Waals surface area contributed by atoms with Crippen molar-refractivity contribution in [1.82, 2.24) is 5.32 Å². The first kappa shape index (κ1) is 13.4. The molecule has 104 valence electrons. The van der Waals surface area contributed by atoms with Crippen LogP contribution < -0.4 is 5.32 Å². The van der Waals surface area contributed by atoms with Gasteiger partial charge in [-0.15, -0.1) is 11.3 Å². The summed E-state index contributed by atoms with van der Waals surface area (Å²) in [6.07, 6.45) is 2.87. The van der Waals surface area contributed by atoms with Gasteiger partial charge in [0.05, 0.1) is 6.26 Å². The van der Waals surface area contributed by atoms with Crippen LogP contribution in [0.5, 0.6) is 0 Å². The number of nitrogens with one attached hydrogen (secondary N) is 1. The van der Waals surface area contributed by atoms with Crippen LogP contribution in [0.1, 0.15) is 29.9 Å². The largest absolute Gasteiger partial charge is 0.469 e. The second-order valence-corrected chi connectivity index (χ2v) is 5.97. The Balaban J connectivity index is 1.90. The quantitative estimate of drug-likeness (QED) is 0.735. The van der Waals surface area contributed by atoms with E-state index < -0.39 is 0 Å². The average molecular weight is 285 g/mol. The minimum absolute atomic E-state index is 0.315. The van der Waals surface area contributed by atoms with Crippen molar-refractivity contribution in [2.75, 3.05) is 6.54 Å². The van der Waals surface area contributed by atoms with Gasteiger partial charge in [-0.3, -0.25) is 0 Å². The van der Waals surface area contributed by atoms with Crippen molar-refractivity contribution < 1.29 is 4.42 Å². The number of thiophene rings is 1. The molecule has 1 atom stereocenters. The molecule has 20 heavy (non-hydrogen) atoms. The third-order valence-corrected chi connectivity index (χ3v) is 4.60. The summed E-state index contributed by atoms with van der Waals surface area (Å²) in [5, 5.41) is 7.22. The Labute approximate surface area is 123 Å². The molecule has 0 aliphatic rings. The minimum atomic E-state index is 0.315. The summed E-state index contributed by atoms with van der Waals surface area (Å²) < 4.78 is 6.82. The van der Waals surface area contributed by atoms with E-state index in [4.69, 9.17) is 4.42 Å². The molecule has 2 heterocycles. The Kier molecular flexibility index (Phi) is 3.90. The summed E-state index contributed by atoms with van der Waals surface area (Å²) in [6.45, 7) is 5.09. The van der Waals surface area contributed by atoms with Gasteiger partial charge in [0.1, 0.15) is 5.76 Å². The first-order valence-electron chi connectivity index (χ1n) is 7.01. The van der Waals surface area contributed by atoms with E-state index in [1.54, 1.807) is 0 Å². The highest BCUT2D eigenvalue weighted by Crippen LogP contribution is 2.30. The first-order valence-corrected chi connectivity index (χ1v) is 7.89. The maximum absolute atomic E-state index is 5.46. The van der Waals surface area contributed by atoms with Crippen LogP contribution in [0.2, 0.25) is 0 Å².